The number of anilines is 1. The normalized spacial score (nSPS) is 37.4. The fourth-order valence-electron chi connectivity index (χ4n) is 6.43. The van der Waals surface area contributed by atoms with Gasteiger partial charge in [-0.05, 0) is 47.9 Å². The van der Waals surface area contributed by atoms with Gasteiger partial charge in [0.1, 0.15) is 11.1 Å². The highest BCUT2D eigenvalue weighted by Crippen LogP contribution is 2.77. The van der Waals surface area contributed by atoms with Gasteiger partial charge in [-0.15, -0.1) is 0 Å². The van der Waals surface area contributed by atoms with Gasteiger partial charge in [-0.3, -0.25) is 0 Å². The van der Waals surface area contributed by atoms with Gasteiger partial charge in [-0.1, -0.05) is 62.7 Å². The van der Waals surface area contributed by atoms with Crippen molar-refractivity contribution in [3.8, 4) is 0 Å². The number of hydrogen-bond donors (Lipinski definition) is 1. The van der Waals surface area contributed by atoms with Gasteiger partial charge < -0.3 is 5.73 Å². The molecule has 2 saturated carbocycles. The van der Waals surface area contributed by atoms with Gasteiger partial charge in [0.05, 0.1) is 0 Å². The molecule has 0 spiro atoms. The summed E-state index contributed by atoms with van der Waals surface area (Å²) in [6.45, 7) is 4.77. The lowest BCUT2D eigenvalue weighted by molar-refractivity contribution is 0.141. The minimum atomic E-state index is -0.238. The molecule has 128 valence electrons. The van der Waals surface area contributed by atoms with Crippen molar-refractivity contribution >= 4 is 5.69 Å². The molecular formula is C22H25N3. The van der Waals surface area contributed by atoms with E-state index in [2.05, 4.69) is 56.3 Å². The second-order valence-corrected chi connectivity index (χ2v) is 8.49. The monoisotopic (exact) mass is 331 g/mol. The van der Waals surface area contributed by atoms with Gasteiger partial charge in [0, 0.05) is 11.1 Å². The third kappa shape index (κ3) is 1.53. The minimum absolute atomic E-state index is 0.0623. The Morgan fingerprint density at radius 1 is 0.800 bits per heavy atom. The zero-order chi connectivity index (χ0) is 17.3. The lowest BCUT2D eigenvalue weighted by Crippen LogP contribution is -2.44. The molecule has 3 nitrogen and oxygen atoms in total. The number of fused-ring (bicyclic) bond motifs is 5. The van der Waals surface area contributed by atoms with E-state index in [-0.39, 0.29) is 16.5 Å². The average Bonchev–Trinajstić information content (AvgIpc) is 3.24. The molecule has 0 unspecified atom stereocenters. The maximum absolute atomic E-state index is 5.96. The smallest absolute Gasteiger partial charge is 0.117 e. The number of rotatable bonds is 2. The van der Waals surface area contributed by atoms with Crippen LogP contribution in [0.3, 0.4) is 0 Å². The van der Waals surface area contributed by atoms with E-state index in [4.69, 9.17) is 16.0 Å². The molecule has 2 aromatic carbocycles. The number of nitrogens with two attached hydrogens (primary N) is 1. The molecule has 3 heteroatoms. The molecule has 1 heterocycles. The Balaban J connectivity index is 1.78. The topological polar surface area (TPSA) is 50.7 Å². The Labute approximate surface area is 149 Å². The third-order valence-electron chi connectivity index (χ3n) is 7.43. The standard InChI is InChI=1S/C22H25N3/c1-20(2)21(15-7-4-3-5-8-15)18-9-6-10-19(18)22(20,25-24-21)16-11-13-17(23)14-12-16/h3-5,7-8,11-14,18-19H,6,9-10,23H2,1-2H3/t18-,19+,21-,22+/m0/s1. The molecule has 2 aromatic rings. The average molecular weight is 331 g/mol. The van der Waals surface area contributed by atoms with Crippen molar-refractivity contribution < 1.29 is 0 Å². The molecule has 0 amide bonds. The summed E-state index contributed by atoms with van der Waals surface area (Å²) in [6.07, 6.45) is 3.77. The highest BCUT2D eigenvalue weighted by molar-refractivity contribution is 5.48. The maximum Gasteiger partial charge on any atom is 0.117 e. The van der Waals surface area contributed by atoms with Crippen molar-refractivity contribution in [1.82, 2.24) is 0 Å². The van der Waals surface area contributed by atoms with Crippen LogP contribution >= 0.6 is 0 Å². The van der Waals surface area contributed by atoms with Crippen molar-refractivity contribution in [1.29, 1.82) is 0 Å². The molecule has 2 fully saturated rings. The number of nitrogen functional groups attached to an aromatic ring is 1. The van der Waals surface area contributed by atoms with E-state index in [1.54, 1.807) is 0 Å². The highest BCUT2D eigenvalue weighted by Gasteiger charge is 2.78. The van der Waals surface area contributed by atoms with Gasteiger partial charge >= 0.3 is 0 Å². The largest absolute Gasteiger partial charge is 0.399 e. The van der Waals surface area contributed by atoms with Crippen LogP contribution in [0.15, 0.2) is 64.8 Å². The first-order valence-electron chi connectivity index (χ1n) is 9.40. The molecule has 2 bridgehead atoms. The number of nitrogens with zero attached hydrogens (tertiary/aromatic N) is 2. The van der Waals surface area contributed by atoms with Crippen LogP contribution < -0.4 is 5.73 Å². The Hall–Kier alpha value is -2.16. The Kier molecular flexibility index (Phi) is 2.85. The molecule has 3 aliphatic rings. The summed E-state index contributed by atoms with van der Waals surface area (Å²) in [5.74, 6) is 1.13. The SMILES string of the molecule is CC1(C)[C@]2(c3ccc(N)cc3)N=N[C@@]1(c1ccccc1)[C@H]1CCC[C@H]12. The molecule has 1 aliphatic heterocycles. The summed E-state index contributed by atoms with van der Waals surface area (Å²) in [5.41, 5.74) is 8.86. The minimum Gasteiger partial charge on any atom is -0.399 e. The van der Waals surface area contributed by atoms with Crippen LogP contribution in [0, 0.1) is 17.3 Å². The van der Waals surface area contributed by atoms with Crippen LogP contribution in [0.1, 0.15) is 44.2 Å². The Bertz CT molecular complexity index is 839. The van der Waals surface area contributed by atoms with Crippen LogP contribution in [0.2, 0.25) is 0 Å². The Morgan fingerprint density at radius 3 is 1.88 bits per heavy atom. The third-order valence-corrected chi connectivity index (χ3v) is 7.43. The summed E-state index contributed by atoms with van der Waals surface area (Å²) in [6, 6.07) is 19.3. The molecule has 0 saturated heterocycles. The summed E-state index contributed by atoms with van der Waals surface area (Å²) in [7, 11) is 0. The molecule has 5 rings (SSSR count). The van der Waals surface area contributed by atoms with Crippen LogP contribution in [0.25, 0.3) is 0 Å². The van der Waals surface area contributed by atoms with Crippen molar-refractivity contribution in [2.24, 2.45) is 27.5 Å². The summed E-state index contributed by atoms with van der Waals surface area (Å²) in [4.78, 5) is 0. The van der Waals surface area contributed by atoms with E-state index in [1.807, 2.05) is 12.1 Å². The maximum atomic E-state index is 5.96. The van der Waals surface area contributed by atoms with E-state index in [1.165, 1.54) is 30.4 Å². The van der Waals surface area contributed by atoms with Crippen LogP contribution in [-0.2, 0) is 11.1 Å². The first kappa shape index (κ1) is 15.1. The summed E-state index contributed by atoms with van der Waals surface area (Å²) in [5, 5.41) is 10.1. The molecule has 0 radical (unpaired) electrons. The fraction of sp³-hybridized carbons (Fsp3) is 0.455. The lowest BCUT2D eigenvalue weighted by Gasteiger charge is -2.42. The van der Waals surface area contributed by atoms with Gasteiger partial charge in [-0.2, -0.15) is 10.2 Å². The van der Waals surface area contributed by atoms with E-state index >= 15 is 0 Å². The quantitative estimate of drug-likeness (QED) is 0.748. The number of hydrogen-bond acceptors (Lipinski definition) is 3. The zero-order valence-electron chi connectivity index (χ0n) is 14.9. The zero-order valence-corrected chi connectivity index (χ0v) is 14.9. The van der Waals surface area contributed by atoms with Crippen molar-refractivity contribution in [3.05, 3.63) is 65.7 Å². The first-order valence-corrected chi connectivity index (χ1v) is 9.40. The molecule has 25 heavy (non-hydrogen) atoms. The fourth-order valence-corrected chi connectivity index (χ4v) is 6.43. The van der Waals surface area contributed by atoms with Gasteiger partial charge in [-0.25, -0.2) is 0 Å². The predicted molar refractivity (Wildman–Crippen MR) is 100 cm³/mol. The van der Waals surface area contributed by atoms with Crippen molar-refractivity contribution in [3.63, 3.8) is 0 Å². The molecule has 2 N–H and O–H groups in total. The van der Waals surface area contributed by atoms with Crippen molar-refractivity contribution in [2.75, 3.05) is 5.73 Å². The predicted octanol–water partition coefficient (Wildman–Crippen LogP) is 5.28. The molecule has 0 aromatic heterocycles. The Morgan fingerprint density at radius 2 is 1.32 bits per heavy atom. The summed E-state index contributed by atoms with van der Waals surface area (Å²) < 4.78 is 0. The van der Waals surface area contributed by atoms with Gasteiger partial charge in [0.2, 0.25) is 0 Å². The van der Waals surface area contributed by atoms with E-state index in [9.17, 15) is 0 Å². The van der Waals surface area contributed by atoms with Crippen LogP contribution in [0.4, 0.5) is 5.69 Å². The van der Waals surface area contributed by atoms with Gasteiger partial charge in [0.15, 0.2) is 0 Å². The number of benzene rings is 2. The van der Waals surface area contributed by atoms with Crippen molar-refractivity contribution in [2.45, 2.75) is 44.2 Å². The van der Waals surface area contributed by atoms with Crippen LogP contribution in [-0.4, -0.2) is 0 Å². The molecular weight excluding hydrogens is 306 g/mol. The van der Waals surface area contributed by atoms with E-state index in [0.717, 1.165) is 5.69 Å². The second-order valence-electron chi connectivity index (χ2n) is 8.49. The second kappa shape index (κ2) is 4.72. The first-order chi connectivity index (χ1) is 12.0. The van der Waals surface area contributed by atoms with Gasteiger partial charge in [0.25, 0.3) is 0 Å². The molecule has 4 atom stereocenters. The number of azo groups is 1. The molecule has 2 aliphatic carbocycles. The lowest BCUT2D eigenvalue weighted by atomic mass is 9.61. The van der Waals surface area contributed by atoms with Crippen LogP contribution in [0.5, 0.6) is 0 Å². The summed E-state index contributed by atoms with van der Waals surface area (Å²) >= 11 is 0. The highest BCUT2D eigenvalue weighted by atomic mass is 15.3. The van der Waals surface area contributed by atoms with E-state index in [0.29, 0.717) is 11.8 Å². The van der Waals surface area contributed by atoms with E-state index < -0.39 is 0 Å².